The van der Waals surface area contributed by atoms with Crippen LogP contribution < -0.4 is 5.32 Å². The molecule has 0 radical (unpaired) electrons. The average molecular weight is 286 g/mol. The summed E-state index contributed by atoms with van der Waals surface area (Å²) in [6.07, 6.45) is 2.28. The minimum Gasteiger partial charge on any atom is -0.506 e. The van der Waals surface area contributed by atoms with Crippen molar-refractivity contribution in [1.82, 2.24) is 4.98 Å². The van der Waals surface area contributed by atoms with Gasteiger partial charge in [0.25, 0.3) is 5.91 Å². The molecule has 3 rings (SSSR count). The van der Waals surface area contributed by atoms with Gasteiger partial charge in [-0.05, 0) is 18.2 Å². The number of amides is 1. The van der Waals surface area contributed by atoms with Gasteiger partial charge in [-0.3, -0.25) is 9.78 Å². The first-order valence-electron chi connectivity index (χ1n) is 6.51. The molecule has 1 saturated heterocycles. The first kappa shape index (κ1) is 13.5. The summed E-state index contributed by atoms with van der Waals surface area (Å²) >= 11 is 0. The summed E-state index contributed by atoms with van der Waals surface area (Å²) < 4.78 is 10.8. The smallest absolute Gasteiger partial charge is 0.257 e. The highest BCUT2D eigenvalue weighted by Gasteiger charge is 2.18. The highest BCUT2D eigenvalue weighted by Crippen LogP contribution is 2.25. The third-order valence-corrected chi connectivity index (χ3v) is 3.02. The number of aromatic hydroxyl groups is 1. The van der Waals surface area contributed by atoms with Crippen LogP contribution in [0.1, 0.15) is 22.2 Å². The van der Waals surface area contributed by atoms with E-state index in [1.54, 1.807) is 12.1 Å². The minimum absolute atomic E-state index is 0.0517. The molecular weight excluding hydrogens is 272 g/mol. The molecule has 1 aliphatic rings. The third kappa shape index (κ3) is 3.18. The predicted octanol–water partition coefficient (Wildman–Crippen LogP) is 2.08. The normalized spacial score (nSPS) is 15.0. The summed E-state index contributed by atoms with van der Waals surface area (Å²) in [4.78, 5) is 15.9. The lowest BCUT2D eigenvalue weighted by molar-refractivity contribution is -0.0440. The van der Waals surface area contributed by atoms with E-state index in [9.17, 15) is 9.90 Å². The summed E-state index contributed by atoms with van der Waals surface area (Å²) in [7, 11) is 0. The third-order valence-electron chi connectivity index (χ3n) is 3.02. The van der Waals surface area contributed by atoms with Gasteiger partial charge in [0.15, 0.2) is 6.29 Å². The maximum Gasteiger partial charge on any atom is 0.257 e. The second-order valence-corrected chi connectivity index (χ2v) is 4.58. The van der Waals surface area contributed by atoms with Crippen LogP contribution in [0.5, 0.6) is 5.75 Å². The van der Waals surface area contributed by atoms with E-state index in [0.717, 1.165) is 5.56 Å². The fraction of sp³-hybridized carbons (Fsp3) is 0.200. The number of nitrogens with zero attached hydrogens (tertiary/aromatic N) is 1. The lowest BCUT2D eigenvalue weighted by atomic mass is 10.2. The molecule has 1 aromatic heterocycles. The zero-order chi connectivity index (χ0) is 14.7. The number of nitrogens with one attached hydrogen (secondary N) is 1. The lowest BCUT2D eigenvalue weighted by Crippen LogP contribution is -2.12. The van der Waals surface area contributed by atoms with E-state index in [2.05, 4.69) is 10.3 Å². The van der Waals surface area contributed by atoms with Gasteiger partial charge >= 0.3 is 0 Å². The van der Waals surface area contributed by atoms with E-state index < -0.39 is 0 Å². The minimum atomic E-state index is -0.385. The number of hydrogen-bond donors (Lipinski definition) is 2. The summed E-state index contributed by atoms with van der Waals surface area (Å²) in [6, 6.07) is 8.62. The second-order valence-electron chi connectivity index (χ2n) is 4.58. The molecule has 1 aliphatic heterocycles. The Kier molecular flexibility index (Phi) is 3.81. The van der Waals surface area contributed by atoms with E-state index >= 15 is 0 Å². The highest BCUT2D eigenvalue weighted by atomic mass is 16.7. The van der Waals surface area contributed by atoms with Gasteiger partial charge in [-0.15, -0.1) is 0 Å². The highest BCUT2D eigenvalue weighted by molar-refractivity contribution is 6.04. The molecule has 108 valence electrons. The molecule has 0 bridgehead atoms. The van der Waals surface area contributed by atoms with Crippen LogP contribution in [0.3, 0.4) is 0 Å². The predicted molar refractivity (Wildman–Crippen MR) is 74.9 cm³/mol. The van der Waals surface area contributed by atoms with Gasteiger partial charge < -0.3 is 19.9 Å². The molecule has 1 amide bonds. The van der Waals surface area contributed by atoms with Gasteiger partial charge in [0, 0.05) is 17.4 Å². The Morgan fingerprint density at radius 3 is 2.81 bits per heavy atom. The van der Waals surface area contributed by atoms with Crippen molar-refractivity contribution in [3.05, 3.63) is 53.9 Å². The van der Waals surface area contributed by atoms with Gasteiger partial charge in [-0.1, -0.05) is 12.1 Å². The van der Waals surface area contributed by atoms with Gasteiger partial charge in [-0.2, -0.15) is 0 Å². The maximum absolute atomic E-state index is 12.1. The molecule has 21 heavy (non-hydrogen) atoms. The Morgan fingerprint density at radius 2 is 2.05 bits per heavy atom. The monoisotopic (exact) mass is 286 g/mol. The fourth-order valence-corrected chi connectivity index (χ4v) is 2.07. The van der Waals surface area contributed by atoms with Crippen molar-refractivity contribution >= 4 is 11.6 Å². The summed E-state index contributed by atoms with van der Waals surface area (Å²) in [5, 5.41) is 12.1. The molecule has 1 fully saturated rings. The summed E-state index contributed by atoms with van der Waals surface area (Å²) in [5.74, 6) is -0.395. The van der Waals surface area contributed by atoms with Crippen molar-refractivity contribution in [2.24, 2.45) is 0 Å². The molecule has 0 unspecified atom stereocenters. The van der Waals surface area contributed by atoms with Crippen LogP contribution in [0.15, 0.2) is 42.7 Å². The second kappa shape index (κ2) is 5.90. The van der Waals surface area contributed by atoms with Crippen LogP contribution in [0.25, 0.3) is 0 Å². The average Bonchev–Trinajstić information content (AvgIpc) is 3.02. The number of benzene rings is 1. The molecule has 6 heteroatoms. The molecule has 0 aliphatic carbocycles. The van der Waals surface area contributed by atoms with Gasteiger partial charge in [0.1, 0.15) is 5.75 Å². The van der Waals surface area contributed by atoms with Crippen molar-refractivity contribution in [3.8, 4) is 5.75 Å². The van der Waals surface area contributed by atoms with Crippen molar-refractivity contribution < 1.29 is 19.4 Å². The molecule has 0 spiro atoms. The van der Waals surface area contributed by atoms with E-state index in [1.807, 2.05) is 12.1 Å². The quantitative estimate of drug-likeness (QED) is 0.903. The van der Waals surface area contributed by atoms with Crippen molar-refractivity contribution in [3.63, 3.8) is 0 Å². The van der Waals surface area contributed by atoms with E-state index in [4.69, 9.17) is 9.47 Å². The van der Waals surface area contributed by atoms with Crippen molar-refractivity contribution in [2.75, 3.05) is 18.5 Å². The fourth-order valence-electron chi connectivity index (χ4n) is 2.07. The molecule has 2 aromatic rings. The lowest BCUT2D eigenvalue weighted by Gasteiger charge is -2.11. The molecule has 2 N–H and O–H groups in total. The topological polar surface area (TPSA) is 80.7 Å². The standard InChI is InChI=1S/C15H14N2O4/c18-13-7-11(8-16-9-13)14(19)17-12-3-1-2-10(6-12)15-20-4-5-21-15/h1-3,6-9,15,18H,4-5H2,(H,17,19). The largest absolute Gasteiger partial charge is 0.506 e. The number of hydrogen-bond acceptors (Lipinski definition) is 5. The Hall–Kier alpha value is -2.44. The Morgan fingerprint density at radius 1 is 1.24 bits per heavy atom. The van der Waals surface area contributed by atoms with Crippen LogP contribution in [0.4, 0.5) is 5.69 Å². The van der Waals surface area contributed by atoms with E-state index in [-0.39, 0.29) is 23.5 Å². The molecule has 0 saturated carbocycles. The number of ether oxygens (including phenoxy) is 2. The number of aromatic nitrogens is 1. The Labute approximate surface area is 121 Å². The van der Waals surface area contributed by atoms with Gasteiger partial charge in [0.2, 0.25) is 0 Å². The van der Waals surface area contributed by atoms with Gasteiger partial charge in [-0.25, -0.2) is 0 Å². The first-order valence-corrected chi connectivity index (χ1v) is 6.51. The van der Waals surface area contributed by atoms with E-state index in [0.29, 0.717) is 18.9 Å². The number of anilines is 1. The molecule has 0 atom stereocenters. The number of carbonyl (C=O) groups is 1. The van der Waals surface area contributed by atoms with Crippen LogP contribution in [-0.4, -0.2) is 29.2 Å². The molecule has 2 heterocycles. The Balaban J connectivity index is 1.75. The number of carbonyl (C=O) groups excluding carboxylic acids is 1. The first-order chi connectivity index (χ1) is 10.2. The van der Waals surface area contributed by atoms with Crippen LogP contribution in [0, 0.1) is 0 Å². The van der Waals surface area contributed by atoms with Crippen LogP contribution in [0.2, 0.25) is 0 Å². The van der Waals surface area contributed by atoms with Crippen LogP contribution >= 0.6 is 0 Å². The summed E-state index contributed by atoms with van der Waals surface area (Å²) in [5.41, 5.74) is 1.76. The van der Waals surface area contributed by atoms with Crippen molar-refractivity contribution in [2.45, 2.75) is 6.29 Å². The maximum atomic E-state index is 12.1. The zero-order valence-electron chi connectivity index (χ0n) is 11.2. The molecule has 1 aromatic carbocycles. The zero-order valence-corrected chi connectivity index (χ0v) is 11.2. The van der Waals surface area contributed by atoms with Crippen LogP contribution in [-0.2, 0) is 9.47 Å². The Bertz CT molecular complexity index is 654. The van der Waals surface area contributed by atoms with Crippen molar-refractivity contribution in [1.29, 1.82) is 0 Å². The molecular formula is C15H14N2O4. The number of pyridine rings is 1. The van der Waals surface area contributed by atoms with E-state index in [1.165, 1.54) is 18.5 Å². The van der Waals surface area contributed by atoms with Gasteiger partial charge in [0.05, 0.1) is 25.0 Å². The summed E-state index contributed by atoms with van der Waals surface area (Å²) in [6.45, 7) is 1.13. The molecule has 6 nitrogen and oxygen atoms in total. The SMILES string of the molecule is O=C(Nc1cccc(C2OCCO2)c1)c1cncc(O)c1. The number of rotatable bonds is 3.